The molecule has 1 aliphatic carbocycles. The molecule has 1 N–H and O–H groups in total. The smallest absolute Gasteiger partial charge is 0.263 e. The molecule has 0 spiro atoms. The number of ether oxygens (including phenoxy) is 1. The molecule has 1 saturated carbocycles. The zero-order valence-corrected chi connectivity index (χ0v) is 12.8. The highest BCUT2D eigenvalue weighted by molar-refractivity contribution is 9.10. The van der Waals surface area contributed by atoms with Crippen molar-refractivity contribution >= 4 is 39.1 Å². The van der Waals surface area contributed by atoms with Gasteiger partial charge in [0.25, 0.3) is 5.56 Å². The van der Waals surface area contributed by atoms with E-state index >= 15 is 0 Å². The van der Waals surface area contributed by atoms with Gasteiger partial charge in [0.1, 0.15) is 5.75 Å². The van der Waals surface area contributed by atoms with Crippen LogP contribution in [0.2, 0.25) is 0 Å². The van der Waals surface area contributed by atoms with E-state index in [4.69, 9.17) is 17.0 Å². The second-order valence-electron chi connectivity index (χ2n) is 4.72. The van der Waals surface area contributed by atoms with Crippen LogP contribution in [0.4, 0.5) is 0 Å². The summed E-state index contributed by atoms with van der Waals surface area (Å²) in [7, 11) is 1.60. The van der Waals surface area contributed by atoms with Gasteiger partial charge in [-0.05, 0) is 53.5 Å². The molecule has 19 heavy (non-hydrogen) atoms. The molecule has 0 bridgehead atoms. The van der Waals surface area contributed by atoms with Gasteiger partial charge >= 0.3 is 0 Å². The number of aromatic amines is 1. The highest BCUT2D eigenvalue weighted by atomic mass is 79.9. The van der Waals surface area contributed by atoms with Crippen LogP contribution in [0.1, 0.15) is 25.3 Å². The molecule has 3 rings (SSSR count). The first-order valence-corrected chi connectivity index (χ1v) is 7.34. The van der Waals surface area contributed by atoms with Crippen molar-refractivity contribution in [2.75, 3.05) is 7.11 Å². The number of methoxy groups -OCH3 is 1. The number of benzene rings is 1. The molecule has 0 saturated heterocycles. The average molecular weight is 341 g/mol. The van der Waals surface area contributed by atoms with Crippen molar-refractivity contribution in [1.29, 1.82) is 0 Å². The standard InChI is InChI=1S/C13H13BrN2O2S/c1-18-8-5-9(14)11-10(6-8)15-13(19)16(12(11)17)7-3-2-4-7/h5-7H,2-4H2,1H3,(H,15,19). The molecule has 100 valence electrons. The summed E-state index contributed by atoms with van der Waals surface area (Å²) < 4.78 is 8.12. The van der Waals surface area contributed by atoms with Crippen LogP contribution in [0.3, 0.4) is 0 Å². The number of H-pyrrole nitrogens is 1. The van der Waals surface area contributed by atoms with Gasteiger partial charge in [-0.1, -0.05) is 0 Å². The molecule has 1 fully saturated rings. The highest BCUT2D eigenvalue weighted by Gasteiger charge is 2.23. The fourth-order valence-electron chi connectivity index (χ4n) is 2.38. The molecule has 0 unspecified atom stereocenters. The lowest BCUT2D eigenvalue weighted by atomic mass is 9.93. The Hall–Kier alpha value is -1.14. The monoisotopic (exact) mass is 340 g/mol. The van der Waals surface area contributed by atoms with E-state index in [0.29, 0.717) is 21.4 Å². The Balaban J connectivity index is 2.35. The van der Waals surface area contributed by atoms with Gasteiger partial charge in [-0.2, -0.15) is 0 Å². The van der Waals surface area contributed by atoms with E-state index in [-0.39, 0.29) is 11.6 Å². The first kappa shape index (κ1) is 12.9. The summed E-state index contributed by atoms with van der Waals surface area (Å²) in [5.74, 6) is 0.686. The lowest BCUT2D eigenvalue weighted by molar-refractivity contribution is 0.302. The van der Waals surface area contributed by atoms with Crippen LogP contribution in [0, 0.1) is 4.77 Å². The molecule has 0 radical (unpaired) electrons. The second kappa shape index (κ2) is 4.76. The van der Waals surface area contributed by atoms with E-state index < -0.39 is 0 Å². The van der Waals surface area contributed by atoms with Crippen molar-refractivity contribution in [2.24, 2.45) is 0 Å². The third-order valence-electron chi connectivity index (χ3n) is 3.63. The van der Waals surface area contributed by atoms with E-state index in [2.05, 4.69) is 20.9 Å². The topological polar surface area (TPSA) is 47.0 Å². The van der Waals surface area contributed by atoms with Crippen molar-refractivity contribution in [1.82, 2.24) is 9.55 Å². The van der Waals surface area contributed by atoms with Crippen LogP contribution in [-0.2, 0) is 0 Å². The van der Waals surface area contributed by atoms with Crippen molar-refractivity contribution in [3.63, 3.8) is 0 Å². The number of rotatable bonds is 2. The van der Waals surface area contributed by atoms with Crippen LogP contribution < -0.4 is 10.3 Å². The van der Waals surface area contributed by atoms with Crippen LogP contribution >= 0.6 is 28.1 Å². The quantitative estimate of drug-likeness (QED) is 0.850. The zero-order valence-electron chi connectivity index (χ0n) is 10.4. The molecule has 0 amide bonds. The van der Waals surface area contributed by atoms with Crippen LogP contribution in [-0.4, -0.2) is 16.7 Å². The van der Waals surface area contributed by atoms with Crippen LogP contribution in [0.25, 0.3) is 10.9 Å². The molecular formula is C13H13BrN2O2S. The third-order valence-corrected chi connectivity index (χ3v) is 4.56. The molecule has 1 aromatic heterocycles. The fraction of sp³-hybridized carbons (Fsp3) is 0.385. The van der Waals surface area contributed by atoms with Gasteiger partial charge in [0.05, 0.1) is 18.0 Å². The van der Waals surface area contributed by atoms with Crippen LogP contribution in [0.5, 0.6) is 5.75 Å². The summed E-state index contributed by atoms with van der Waals surface area (Å²) >= 11 is 8.76. The molecule has 0 atom stereocenters. The van der Waals surface area contributed by atoms with Gasteiger partial charge in [0.2, 0.25) is 0 Å². The number of hydrogen-bond donors (Lipinski definition) is 1. The minimum atomic E-state index is -0.0296. The molecule has 1 heterocycles. The first-order chi connectivity index (χ1) is 9.11. The number of nitrogens with one attached hydrogen (secondary N) is 1. The van der Waals surface area contributed by atoms with E-state index in [0.717, 1.165) is 23.7 Å². The fourth-order valence-corrected chi connectivity index (χ4v) is 3.33. The predicted octanol–water partition coefficient (Wildman–Crippen LogP) is 3.56. The molecular weight excluding hydrogens is 328 g/mol. The molecule has 0 aliphatic heterocycles. The van der Waals surface area contributed by atoms with Gasteiger partial charge in [-0.3, -0.25) is 9.36 Å². The molecule has 1 aliphatic rings. The number of aromatic nitrogens is 2. The first-order valence-electron chi connectivity index (χ1n) is 6.14. The van der Waals surface area contributed by atoms with E-state index in [1.807, 2.05) is 0 Å². The molecule has 1 aromatic carbocycles. The largest absolute Gasteiger partial charge is 0.497 e. The number of hydrogen-bond acceptors (Lipinski definition) is 3. The van der Waals surface area contributed by atoms with Crippen molar-refractivity contribution in [2.45, 2.75) is 25.3 Å². The van der Waals surface area contributed by atoms with Gasteiger partial charge in [-0.25, -0.2) is 0 Å². The number of fused-ring (bicyclic) bond motifs is 1. The van der Waals surface area contributed by atoms with Crippen molar-refractivity contribution in [3.8, 4) is 5.75 Å². The summed E-state index contributed by atoms with van der Waals surface area (Å²) in [6, 6.07) is 3.84. The number of halogens is 1. The molecule has 4 nitrogen and oxygen atoms in total. The SMILES string of the molecule is COc1cc(Br)c2c(=O)n(C3CCC3)c(=S)[nH]c2c1. The maximum absolute atomic E-state index is 12.6. The van der Waals surface area contributed by atoms with Crippen molar-refractivity contribution < 1.29 is 4.74 Å². The van der Waals surface area contributed by atoms with E-state index in [1.165, 1.54) is 0 Å². The Morgan fingerprint density at radius 2 is 2.21 bits per heavy atom. The molecule has 6 heteroatoms. The minimum Gasteiger partial charge on any atom is -0.497 e. The summed E-state index contributed by atoms with van der Waals surface area (Å²) in [6.07, 6.45) is 3.21. The molecule has 2 aromatic rings. The normalized spacial score (nSPS) is 15.5. The zero-order chi connectivity index (χ0) is 13.6. The van der Waals surface area contributed by atoms with E-state index in [9.17, 15) is 4.79 Å². The van der Waals surface area contributed by atoms with Crippen LogP contribution in [0.15, 0.2) is 21.4 Å². The highest BCUT2D eigenvalue weighted by Crippen LogP contribution is 2.32. The Morgan fingerprint density at radius 3 is 2.79 bits per heavy atom. The Bertz CT molecular complexity index is 762. The average Bonchev–Trinajstić information content (AvgIpc) is 2.30. The second-order valence-corrected chi connectivity index (χ2v) is 5.96. The lowest BCUT2D eigenvalue weighted by Gasteiger charge is -2.27. The maximum atomic E-state index is 12.6. The Morgan fingerprint density at radius 1 is 1.47 bits per heavy atom. The minimum absolute atomic E-state index is 0.0296. The third kappa shape index (κ3) is 2.03. The predicted molar refractivity (Wildman–Crippen MR) is 80.5 cm³/mol. The Kier molecular flexibility index (Phi) is 3.22. The van der Waals surface area contributed by atoms with Gasteiger partial charge in [0, 0.05) is 16.6 Å². The van der Waals surface area contributed by atoms with Crippen molar-refractivity contribution in [3.05, 3.63) is 31.7 Å². The van der Waals surface area contributed by atoms with Gasteiger partial charge in [0.15, 0.2) is 4.77 Å². The Labute approximate surface area is 123 Å². The summed E-state index contributed by atoms with van der Waals surface area (Å²) in [4.78, 5) is 15.7. The van der Waals surface area contributed by atoms with Gasteiger partial charge in [-0.15, -0.1) is 0 Å². The summed E-state index contributed by atoms with van der Waals surface area (Å²) in [5.41, 5.74) is 0.676. The maximum Gasteiger partial charge on any atom is 0.263 e. The van der Waals surface area contributed by atoms with Gasteiger partial charge < -0.3 is 9.72 Å². The lowest BCUT2D eigenvalue weighted by Crippen LogP contribution is -2.30. The summed E-state index contributed by atoms with van der Waals surface area (Å²) in [6.45, 7) is 0. The number of nitrogens with zero attached hydrogens (tertiary/aromatic N) is 1. The summed E-state index contributed by atoms with van der Waals surface area (Å²) in [5, 5.41) is 0.626. The van der Waals surface area contributed by atoms with E-state index in [1.54, 1.807) is 23.8 Å².